The summed E-state index contributed by atoms with van der Waals surface area (Å²) in [5.74, 6) is 1.75. The average Bonchev–Trinajstić information content (AvgIpc) is 3.24. The Bertz CT molecular complexity index is 946. The molecule has 0 radical (unpaired) electrons. The Balaban J connectivity index is 1.48. The Hall–Kier alpha value is -2.70. The predicted octanol–water partition coefficient (Wildman–Crippen LogP) is 3.56. The summed E-state index contributed by atoms with van der Waals surface area (Å²) >= 11 is 0. The number of methoxy groups -OCH3 is 1. The summed E-state index contributed by atoms with van der Waals surface area (Å²) in [7, 11) is 1.77. The van der Waals surface area contributed by atoms with E-state index < -0.39 is 0 Å². The third-order valence-corrected chi connectivity index (χ3v) is 5.15. The van der Waals surface area contributed by atoms with E-state index in [1.165, 1.54) is 24.5 Å². The highest BCUT2D eigenvalue weighted by atomic mass is 16.5. The van der Waals surface area contributed by atoms with Gasteiger partial charge in [0, 0.05) is 31.8 Å². The SMILES string of the molecule is COCC1CCCN(Cc2ccc(-c3nc(-c4ccco4)cc(=O)[nH]3)cc2)C1. The number of aromatic nitrogens is 2. The van der Waals surface area contributed by atoms with Crippen molar-refractivity contribution in [3.63, 3.8) is 0 Å². The summed E-state index contributed by atoms with van der Waals surface area (Å²) in [4.78, 5) is 21.9. The number of aromatic amines is 1. The van der Waals surface area contributed by atoms with Crippen LogP contribution in [0.2, 0.25) is 0 Å². The summed E-state index contributed by atoms with van der Waals surface area (Å²) < 4.78 is 10.7. The van der Waals surface area contributed by atoms with Crippen molar-refractivity contribution in [3.05, 3.63) is 64.6 Å². The Morgan fingerprint density at radius 3 is 2.89 bits per heavy atom. The van der Waals surface area contributed by atoms with Gasteiger partial charge in [-0.1, -0.05) is 24.3 Å². The van der Waals surface area contributed by atoms with E-state index in [1.807, 2.05) is 12.1 Å². The molecule has 1 N–H and O–H groups in total. The molecule has 1 unspecified atom stereocenters. The molecule has 0 amide bonds. The summed E-state index contributed by atoms with van der Waals surface area (Å²) in [6, 6.07) is 13.3. The first-order valence-electron chi connectivity index (χ1n) is 9.67. The molecule has 1 fully saturated rings. The number of ether oxygens (including phenoxy) is 1. The van der Waals surface area contributed by atoms with E-state index in [9.17, 15) is 4.79 Å². The third kappa shape index (κ3) is 4.40. The van der Waals surface area contributed by atoms with Gasteiger partial charge in [-0.3, -0.25) is 9.69 Å². The maximum absolute atomic E-state index is 12.0. The van der Waals surface area contributed by atoms with Crippen LogP contribution in [0.15, 0.2) is 57.9 Å². The minimum atomic E-state index is -0.196. The van der Waals surface area contributed by atoms with Crippen molar-refractivity contribution in [1.82, 2.24) is 14.9 Å². The lowest BCUT2D eigenvalue weighted by Crippen LogP contribution is -2.36. The lowest BCUT2D eigenvalue weighted by Gasteiger charge is -2.32. The molecule has 146 valence electrons. The number of hydrogen-bond acceptors (Lipinski definition) is 5. The fourth-order valence-electron chi connectivity index (χ4n) is 3.84. The van der Waals surface area contributed by atoms with Gasteiger partial charge in [0.05, 0.1) is 12.9 Å². The molecule has 1 aromatic carbocycles. The van der Waals surface area contributed by atoms with E-state index >= 15 is 0 Å². The van der Waals surface area contributed by atoms with Gasteiger partial charge in [0.1, 0.15) is 11.5 Å². The molecule has 0 aliphatic carbocycles. The van der Waals surface area contributed by atoms with Crippen LogP contribution in [0.3, 0.4) is 0 Å². The Morgan fingerprint density at radius 1 is 1.29 bits per heavy atom. The molecule has 3 aromatic rings. The Kier molecular flexibility index (Phi) is 5.69. The molecule has 1 aliphatic heterocycles. The van der Waals surface area contributed by atoms with Gasteiger partial charge >= 0.3 is 0 Å². The number of H-pyrrole nitrogens is 1. The summed E-state index contributed by atoms with van der Waals surface area (Å²) in [5.41, 5.74) is 2.47. The van der Waals surface area contributed by atoms with Crippen molar-refractivity contribution < 1.29 is 9.15 Å². The van der Waals surface area contributed by atoms with Gasteiger partial charge in [0.2, 0.25) is 0 Å². The standard InChI is InChI=1S/C22H25N3O3/c1-27-15-17-4-2-10-25(14-17)13-16-6-8-18(9-7-16)22-23-19(12-21(26)24-22)20-5-3-11-28-20/h3,5-9,11-12,17H,2,4,10,13-15H2,1H3,(H,23,24,26). The highest BCUT2D eigenvalue weighted by Gasteiger charge is 2.19. The van der Waals surface area contributed by atoms with E-state index in [4.69, 9.17) is 9.15 Å². The van der Waals surface area contributed by atoms with Crippen molar-refractivity contribution in [3.8, 4) is 22.8 Å². The largest absolute Gasteiger partial charge is 0.463 e. The predicted molar refractivity (Wildman–Crippen MR) is 108 cm³/mol. The Morgan fingerprint density at radius 2 is 2.14 bits per heavy atom. The molecular formula is C22H25N3O3. The first-order chi connectivity index (χ1) is 13.7. The number of likely N-dealkylation sites (tertiary alicyclic amines) is 1. The molecule has 3 heterocycles. The molecule has 6 heteroatoms. The zero-order valence-electron chi connectivity index (χ0n) is 16.1. The van der Waals surface area contributed by atoms with Crippen LogP contribution in [0.1, 0.15) is 18.4 Å². The lowest BCUT2D eigenvalue weighted by molar-refractivity contribution is 0.0874. The van der Waals surface area contributed by atoms with E-state index in [2.05, 4.69) is 27.0 Å². The molecular weight excluding hydrogens is 354 g/mol. The van der Waals surface area contributed by atoms with E-state index in [0.29, 0.717) is 23.2 Å². The summed E-state index contributed by atoms with van der Waals surface area (Å²) in [5, 5.41) is 0. The van der Waals surface area contributed by atoms with Gasteiger partial charge in [-0.25, -0.2) is 4.98 Å². The second kappa shape index (κ2) is 8.54. The van der Waals surface area contributed by atoms with Crippen LogP contribution in [-0.4, -0.2) is 41.7 Å². The maximum atomic E-state index is 12.0. The second-order valence-electron chi connectivity index (χ2n) is 7.35. The quantitative estimate of drug-likeness (QED) is 0.709. The zero-order valence-corrected chi connectivity index (χ0v) is 16.1. The third-order valence-electron chi connectivity index (χ3n) is 5.15. The Labute approximate surface area is 164 Å². The van der Waals surface area contributed by atoms with E-state index in [1.54, 1.807) is 25.5 Å². The normalized spacial score (nSPS) is 17.7. The molecule has 0 bridgehead atoms. The van der Waals surface area contributed by atoms with Crippen molar-refractivity contribution >= 4 is 0 Å². The van der Waals surface area contributed by atoms with Crippen LogP contribution in [-0.2, 0) is 11.3 Å². The van der Waals surface area contributed by atoms with Crippen molar-refractivity contribution in [2.75, 3.05) is 26.8 Å². The zero-order chi connectivity index (χ0) is 19.3. The van der Waals surface area contributed by atoms with Gasteiger partial charge in [0.25, 0.3) is 5.56 Å². The molecule has 0 saturated carbocycles. The number of rotatable bonds is 6. The number of benzene rings is 1. The van der Waals surface area contributed by atoms with Gasteiger partial charge < -0.3 is 14.1 Å². The van der Waals surface area contributed by atoms with Gasteiger partial charge in [-0.2, -0.15) is 0 Å². The van der Waals surface area contributed by atoms with E-state index in [0.717, 1.165) is 31.8 Å². The minimum Gasteiger partial charge on any atom is -0.463 e. The number of nitrogens with zero attached hydrogens (tertiary/aromatic N) is 2. The number of nitrogens with one attached hydrogen (secondary N) is 1. The highest BCUT2D eigenvalue weighted by molar-refractivity contribution is 5.60. The summed E-state index contributed by atoms with van der Waals surface area (Å²) in [6.07, 6.45) is 4.04. The van der Waals surface area contributed by atoms with E-state index in [-0.39, 0.29) is 5.56 Å². The molecule has 1 saturated heterocycles. The highest BCUT2D eigenvalue weighted by Crippen LogP contribution is 2.22. The van der Waals surface area contributed by atoms with Crippen molar-refractivity contribution in [1.29, 1.82) is 0 Å². The fraction of sp³-hybridized carbons (Fsp3) is 0.364. The molecule has 0 spiro atoms. The molecule has 28 heavy (non-hydrogen) atoms. The van der Waals surface area contributed by atoms with Crippen LogP contribution in [0.25, 0.3) is 22.8 Å². The maximum Gasteiger partial charge on any atom is 0.251 e. The minimum absolute atomic E-state index is 0.196. The van der Waals surface area contributed by atoms with Gasteiger partial charge in [-0.15, -0.1) is 0 Å². The second-order valence-corrected chi connectivity index (χ2v) is 7.35. The van der Waals surface area contributed by atoms with Crippen LogP contribution in [0.4, 0.5) is 0 Å². The van der Waals surface area contributed by atoms with Crippen LogP contribution >= 0.6 is 0 Å². The fourth-order valence-corrected chi connectivity index (χ4v) is 3.84. The molecule has 2 aromatic heterocycles. The monoisotopic (exact) mass is 379 g/mol. The van der Waals surface area contributed by atoms with Gasteiger partial charge in [0.15, 0.2) is 5.76 Å². The van der Waals surface area contributed by atoms with Gasteiger partial charge in [-0.05, 0) is 43.0 Å². The number of hydrogen-bond donors (Lipinski definition) is 1. The molecule has 1 aliphatic rings. The summed E-state index contributed by atoms with van der Waals surface area (Å²) in [6.45, 7) is 3.97. The molecule has 4 rings (SSSR count). The molecule has 1 atom stereocenters. The molecule has 6 nitrogen and oxygen atoms in total. The van der Waals surface area contributed by atoms with Crippen LogP contribution in [0, 0.1) is 5.92 Å². The van der Waals surface area contributed by atoms with Crippen molar-refractivity contribution in [2.24, 2.45) is 5.92 Å². The smallest absolute Gasteiger partial charge is 0.251 e. The van der Waals surface area contributed by atoms with Crippen LogP contribution < -0.4 is 5.56 Å². The number of furan rings is 1. The topological polar surface area (TPSA) is 71.4 Å². The first kappa shape index (κ1) is 18.7. The van der Waals surface area contributed by atoms with Crippen molar-refractivity contribution in [2.45, 2.75) is 19.4 Å². The average molecular weight is 379 g/mol. The number of piperidine rings is 1. The van der Waals surface area contributed by atoms with Crippen LogP contribution in [0.5, 0.6) is 0 Å². The first-order valence-corrected chi connectivity index (χ1v) is 9.67. The lowest BCUT2D eigenvalue weighted by atomic mass is 9.98.